The normalized spacial score (nSPS) is 12.7. The third-order valence-corrected chi connectivity index (χ3v) is 1.04. The summed E-state index contributed by atoms with van der Waals surface area (Å²) in [4.78, 5) is 0. The fourth-order valence-electron chi connectivity index (χ4n) is 0.122. The first-order chi connectivity index (χ1) is 3.48. The first-order valence-electron chi connectivity index (χ1n) is 2.40. The van der Waals surface area contributed by atoms with Crippen LogP contribution in [0.15, 0.2) is 5.16 Å². The second-order valence-corrected chi connectivity index (χ2v) is 2.24. The number of aliphatic hydroxyl groups is 1. The summed E-state index contributed by atoms with van der Waals surface area (Å²) in [7, 11) is 0. The first-order valence-corrected chi connectivity index (χ1v) is 2.40. The summed E-state index contributed by atoms with van der Waals surface area (Å²) in [6, 6.07) is 0. The van der Waals surface area contributed by atoms with Gasteiger partial charge in [0.25, 0.3) is 0 Å². The van der Waals surface area contributed by atoms with E-state index in [9.17, 15) is 0 Å². The van der Waals surface area contributed by atoms with Crippen LogP contribution in [0.2, 0.25) is 0 Å². The number of rotatable bonds is 1. The maximum Gasteiger partial charge on any atom is 0.100 e. The minimum absolute atomic E-state index is 0. The summed E-state index contributed by atoms with van der Waals surface area (Å²) in [6.07, 6.45) is 0. The third-order valence-electron chi connectivity index (χ3n) is 1.04. The van der Waals surface area contributed by atoms with Gasteiger partial charge >= 0.3 is 0 Å². The number of hydrogen-bond acceptors (Lipinski definition) is 3. The molecule has 0 aromatic carbocycles. The molecule has 0 spiro atoms. The molecule has 0 atom stereocenters. The molecule has 0 heterocycles. The van der Waals surface area contributed by atoms with E-state index in [1.807, 2.05) is 0 Å². The second kappa shape index (κ2) is 3.88. The summed E-state index contributed by atoms with van der Waals surface area (Å²) in [5, 5.41) is 19.9. The maximum absolute atomic E-state index is 9.00. The van der Waals surface area contributed by atoms with E-state index in [1.54, 1.807) is 20.8 Å². The van der Waals surface area contributed by atoms with Crippen molar-refractivity contribution in [2.45, 2.75) is 26.4 Å². The zero-order valence-corrected chi connectivity index (χ0v) is 6.90. The Kier molecular flexibility index (Phi) is 5.05. The Bertz CT molecular complexity index is 106. The summed E-state index contributed by atoms with van der Waals surface area (Å²) in [5.41, 5.74) is -0.674. The molecule has 0 aliphatic carbocycles. The van der Waals surface area contributed by atoms with Gasteiger partial charge in [-0.05, 0) is 20.8 Å². The molecule has 0 amide bonds. The van der Waals surface area contributed by atoms with E-state index in [0.717, 1.165) is 0 Å². The van der Waals surface area contributed by atoms with Gasteiger partial charge in [-0.25, -0.2) is 0 Å². The number of hydrogen-bond donors (Lipinski definition) is 2. The fourth-order valence-corrected chi connectivity index (χ4v) is 0.122. The smallest absolute Gasteiger partial charge is 0.100 e. The van der Waals surface area contributed by atoms with Gasteiger partial charge in [0.05, 0.1) is 5.71 Å². The van der Waals surface area contributed by atoms with Crippen LogP contribution in [-0.2, 0) is 17.1 Å². The average molecular weight is 172 g/mol. The van der Waals surface area contributed by atoms with Crippen molar-refractivity contribution in [3.8, 4) is 0 Å². The summed E-state index contributed by atoms with van der Waals surface area (Å²) >= 11 is 0. The molecule has 0 fully saturated rings. The van der Waals surface area contributed by atoms with Crippen LogP contribution in [0, 0.1) is 0 Å². The number of nitrogens with zero attached hydrogens (tertiary/aromatic N) is 1. The molecule has 55 valence electrons. The molecule has 0 unspecified atom stereocenters. The molecule has 0 bridgehead atoms. The van der Waals surface area contributed by atoms with Crippen molar-refractivity contribution in [2.75, 3.05) is 0 Å². The summed E-state index contributed by atoms with van der Waals surface area (Å²) in [6.45, 7) is 4.67. The second-order valence-electron chi connectivity index (χ2n) is 2.24. The molecule has 4 heteroatoms. The van der Waals surface area contributed by atoms with Crippen LogP contribution in [0.1, 0.15) is 20.8 Å². The SMILES string of the molecule is CC(=NO)C(C)(C)O.[Mn]. The average Bonchev–Trinajstić information content (AvgIpc) is 1.62. The quantitative estimate of drug-likeness (QED) is 0.263. The van der Waals surface area contributed by atoms with E-state index in [4.69, 9.17) is 10.3 Å². The minimum Gasteiger partial charge on any atom is -0.411 e. The Hall–Kier alpha value is -0.0505. The summed E-state index contributed by atoms with van der Waals surface area (Å²) in [5.74, 6) is 0. The van der Waals surface area contributed by atoms with Crippen molar-refractivity contribution >= 4 is 5.71 Å². The molecule has 3 nitrogen and oxygen atoms in total. The molecule has 0 saturated heterocycles. The zero-order valence-electron chi connectivity index (χ0n) is 5.72. The van der Waals surface area contributed by atoms with Crippen molar-refractivity contribution in [3.05, 3.63) is 0 Å². The van der Waals surface area contributed by atoms with Crippen LogP contribution in [0.25, 0.3) is 0 Å². The summed E-state index contributed by atoms with van der Waals surface area (Å²) < 4.78 is 0. The molecular formula is C5H11MnNO2. The van der Waals surface area contributed by atoms with Gasteiger partial charge in [-0.1, -0.05) is 5.16 Å². The monoisotopic (exact) mass is 172 g/mol. The Morgan fingerprint density at radius 1 is 1.44 bits per heavy atom. The zero-order chi connectivity index (χ0) is 6.78. The molecule has 0 aliphatic rings. The van der Waals surface area contributed by atoms with Gasteiger partial charge in [0.1, 0.15) is 5.60 Å². The largest absolute Gasteiger partial charge is 0.411 e. The van der Waals surface area contributed by atoms with Gasteiger partial charge in [0.2, 0.25) is 0 Å². The van der Waals surface area contributed by atoms with Crippen molar-refractivity contribution in [3.63, 3.8) is 0 Å². The molecule has 0 aromatic heterocycles. The molecule has 1 radical (unpaired) electrons. The molecular weight excluding hydrogens is 161 g/mol. The van der Waals surface area contributed by atoms with Crippen LogP contribution in [-0.4, -0.2) is 21.6 Å². The molecule has 2 N–H and O–H groups in total. The van der Waals surface area contributed by atoms with Gasteiger partial charge in [-0.15, -0.1) is 0 Å². The maximum atomic E-state index is 9.00. The van der Waals surface area contributed by atoms with Crippen LogP contribution < -0.4 is 0 Å². The molecule has 0 aromatic rings. The molecule has 0 saturated carbocycles. The van der Waals surface area contributed by atoms with E-state index >= 15 is 0 Å². The van der Waals surface area contributed by atoms with E-state index in [0.29, 0.717) is 5.71 Å². The topological polar surface area (TPSA) is 52.8 Å². The van der Waals surface area contributed by atoms with Crippen LogP contribution >= 0.6 is 0 Å². The molecule has 0 rings (SSSR count). The van der Waals surface area contributed by atoms with Gasteiger partial charge in [-0.2, -0.15) is 0 Å². The van der Waals surface area contributed by atoms with E-state index in [2.05, 4.69) is 5.16 Å². The van der Waals surface area contributed by atoms with Gasteiger partial charge in [0, 0.05) is 17.1 Å². The van der Waals surface area contributed by atoms with E-state index < -0.39 is 5.60 Å². The molecule has 9 heavy (non-hydrogen) atoms. The van der Waals surface area contributed by atoms with Crippen molar-refractivity contribution in [2.24, 2.45) is 5.16 Å². The van der Waals surface area contributed by atoms with Crippen LogP contribution in [0.5, 0.6) is 0 Å². The van der Waals surface area contributed by atoms with E-state index in [-0.39, 0.29) is 17.1 Å². The first kappa shape index (κ1) is 11.7. The Balaban J connectivity index is 0. The van der Waals surface area contributed by atoms with E-state index in [1.165, 1.54) is 0 Å². The Morgan fingerprint density at radius 2 is 1.78 bits per heavy atom. The van der Waals surface area contributed by atoms with Crippen LogP contribution in [0.4, 0.5) is 0 Å². The van der Waals surface area contributed by atoms with Crippen LogP contribution in [0.3, 0.4) is 0 Å². The van der Waals surface area contributed by atoms with Crippen molar-refractivity contribution in [1.82, 2.24) is 0 Å². The van der Waals surface area contributed by atoms with Crippen molar-refractivity contribution < 1.29 is 27.4 Å². The minimum atomic E-state index is -0.991. The number of oxime groups is 1. The Labute approximate surface area is 65.2 Å². The standard InChI is InChI=1S/C5H11NO2.Mn/c1-4(6-8)5(2,3)7;/h7-8H,1-3H3;. The third kappa shape index (κ3) is 4.45. The predicted octanol–water partition coefficient (Wildman–Crippen LogP) is 0.605. The van der Waals surface area contributed by atoms with Gasteiger partial charge < -0.3 is 10.3 Å². The molecule has 0 aliphatic heterocycles. The predicted molar refractivity (Wildman–Crippen MR) is 31.2 cm³/mol. The fraction of sp³-hybridized carbons (Fsp3) is 0.800. The van der Waals surface area contributed by atoms with Crippen molar-refractivity contribution in [1.29, 1.82) is 0 Å². The Morgan fingerprint density at radius 3 is 1.78 bits per heavy atom. The van der Waals surface area contributed by atoms with Gasteiger partial charge in [0.15, 0.2) is 0 Å². The van der Waals surface area contributed by atoms with Gasteiger partial charge in [-0.3, -0.25) is 0 Å².